The third-order valence-corrected chi connectivity index (χ3v) is 6.23. The van der Waals surface area contributed by atoms with Gasteiger partial charge in [0.15, 0.2) is 17.3 Å². The van der Waals surface area contributed by atoms with Gasteiger partial charge in [0.2, 0.25) is 0 Å². The van der Waals surface area contributed by atoms with Crippen molar-refractivity contribution in [3.63, 3.8) is 0 Å². The topological polar surface area (TPSA) is 67.8 Å². The normalized spacial score (nSPS) is 17.6. The molecule has 1 heterocycles. The van der Waals surface area contributed by atoms with E-state index in [1.807, 2.05) is 31.2 Å². The second-order valence-electron chi connectivity index (χ2n) is 8.17. The maximum atomic E-state index is 13.2. The van der Waals surface area contributed by atoms with E-state index in [4.69, 9.17) is 14.6 Å². The highest BCUT2D eigenvalue weighted by atomic mass is 16.5. The number of hydrogen-bond donors (Lipinski definition) is 2. The molecule has 2 N–H and O–H groups in total. The maximum absolute atomic E-state index is 13.2. The molecule has 1 aliphatic carbocycles. The van der Waals surface area contributed by atoms with Crippen molar-refractivity contribution >= 4 is 27.8 Å². The van der Waals surface area contributed by atoms with Crippen LogP contribution in [0.25, 0.3) is 16.3 Å². The SMILES string of the molecule is CCOc1cc([C@@H]2Nc3ccc4ccccc4c3C3=C2C(=O)CCC3)ccc1OCCO. The number of ether oxygens (including phenoxy) is 2. The van der Waals surface area contributed by atoms with E-state index in [1.165, 1.54) is 10.8 Å². The molecule has 0 unspecified atom stereocenters. The molecule has 3 aromatic carbocycles. The molecule has 0 fully saturated rings. The van der Waals surface area contributed by atoms with Gasteiger partial charge in [-0.2, -0.15) is 0 Å². The summed E-state index contributed by atoms with van der Waals surface area (Å²) in [5, 5.41) is 15.1. The first-order valence-corrected chi connectivity index (χ1v) is 11.3. The number of ketones is 1. The number of nitrogens with one attached hydrogen (secondary N) is 1. The third kappa shape index (κ3) is 3.53. The first-order valence-electron chi connectivity index (χ1n) is 11.3. The van der Waals surface area contributed by atoms with Gasteiger partial charge in [0.25, 0.3) is 0 Å². The molecule has 1 aliphatic heterocycles. The summed E-state index contributed by atoms with van der Waals surface area (Å²) in [6.45, 7) is 2.56. The Morgan fingerprint density at radius 2 is 1.91 bits per heavy atom. The minimum absolute atomic E-state index is 0.0625. The molecule has 0 aromatic heterocycles. The van der Waals surface area contributed by atoms with E-state index in [-0.39, 0.29) is 25.0 Å². The van der Waals surface area contributed by atoms with Crippen molar-refractivity contribution in [1.29, 1.82) is 0 Å². The number of fused-ring (bicyclic) bond motifs is 4. The summed E-state index contributed by atoms with van der Waals surface area (Å²) in [4.78, 5) is 13.2. The predicted octanol–water partition coefficient (Wildman–Crippen LogP) is 5.28. The molecule has 32 heavy (non-hydrogen) atoms. The van der Waals surface area contributed by atoms with Crippen molar-refractivity contribution in [2.24, 2.45) is 0 Å². The molecule has 5 nitrogen and oxygen atoms in total. The van der Waals surface area contributed by atoms with Gasteiger partial charge >= 0.3 is 0 Å². The maximum Gasteiger partial charge on any atom is 0.161 e. The molecule has 0 radical (unpaired) electrons. The Balaban J connectivity index is 1.65. The Morgan fingerprint density at radius 3 is 2.75 bits per heavy atom. The van der Waals surface area contributed by atoms with Crippen LogP contribution in [0.15, 0.2) is 60.2 Å². The number of benzene rings is 3. The number of carbonyl (C=O) groups excluding carboxylic acids is 1. The number of rotatable bonds is 6. The molecule has 0 amide bonds. The molecule has 0 saturated carbocycles. The van der Waals surface area contributed by atoms with Gasteiger partial charge in [0.1, 0.15) is 6.61 Å². The molecule has 0 spiro atoms. The van der Waals surface area contributed by atoms with Crippen LogP contribution >= 0.6 is 0 Å². The fourth-order valence-electron chi connectivity index (χ4n) is 4.90. The van der Waals surface area contributed by atoms with E-state index >= 15 is 0 Å². The van der Waals surface area contributed by atoms with Crippen LogP contribution in [0.3, 0.4) is 0 Å². The highest BCUT2D eigenvalue weighted by molar-refractivity contribution is 6.12. The number of hydrogen-bond acceptors (Lipinski definition) is 5. The van der Waals surface area contributed by atoms with Gasteiger partial charge < -0.3 is 19.9 Å². The number of allylic oxidation sites excluding steroid dienone is 1. The molecule has 1 atom stereocenters. The summed E-state index contributed by atoms with van der Waals surface area (Å²) in [5.74, 6) is 1.42. The fraction of sp³-hybridized carbons (Fsp3) is 0.296. The van der Waals surface area contributed by atoms with Gasteiger partial charge in [0, 0.05) is 23.2 Å². The summed E-state index contributed by atoms with van der Waals surface area (Å²) in [6, 6.07) is 18.2. The van der Waals surface area contributed by atoms with E-state index in [1.54, 1.807) is 0 Å². The zero-order valence-corrected chi connectivity index (χ0v) is 18.2. The quantitative estimate of drug-likeness (QED) is 0.558. The van der Waals surface area contributed by atoms with Gasteiger partial charge in [0.05, 0.1) is 19.3 Å². The van der Waals surface area contributed by atoms with Crippen LogP contribution in [0.1, 0.15) is 43.4 Å². The Kier molecular flexibility index (Phi) is 5.58. The molecule has 2 aliphatic rings. The summed E-state index contributed by atoms with van der Waals surface area (Å²) in [6.07, 6.45) is 2.36. The molecule has 5 rings (SSSR count). The van der Waals surface area contributed by atoms with Gasteiger partial charge in [-0.1, -0.05) is 36.4 Å². The summed E-state index contributed by atoms with van der Waals surface area (Å²) in [7, 11) is 0. The van der Waals surface area contributed by atoms with Crippen LogP contribution in [-0.2, 0) is 4.79 Å². The lowest BCUT2D eigenvalue weighted by Crippen LogP contribution is -2.27. The molecule has 0 bridgehead atoms. The van der Waals surface area contributed by atoms with E-state index < -0.39 is 0 Å². The van der Waals surface area contributed by atoms with Crippen LogP contribution in [-0.4, -0.2) is 30.7 Å². The second-order valence-corrected chi connectivity index (χ2v) is 8.17. The lowest BCUT2D eigenvalue weighted by atomic mass is 9.77. The number of anilines is 1. The van der Waals surface area contributed by atoms with Gasteiger partial charge in [-0.05, 0) is 59.9 Å². The minimum atomic E-state index is -0.238. The summed E-state index contributed by atoms with van der Waals surface area (Å²) < 4.78 is 11.5. The lowest BCUT2D eigenvalue weighted by molar-refractivity contribution is -0.116. The van der Waals surface area contributed by atoms with E-state index in [9.17, 15) is 4.79 Å². The van der Waals surface area contributed by atoms with Crippen molar-refractivity contribution in [2.75, 3.05) is 25.1 Å². The van der Waals surface area contributed by atoms with Crippen LogP contribution in [0.4, 0.5) is 5.69 Å². The van der Waals surface area contributed by atoms with Crippen molar-refractivity contribution in [2.45, 2.75) is 32.2 Å². The first-order chi connectivity index (χ1) is 15.7. The van der Waals surface area contributed by atoms with Crippen molar-refractivity contribution in [3.8, 4) is 11.5 Å². The molecule has 0 saturated heterocycles. The van der Waals surface area contributed by atoms with Gasteiger partial charge in [-0.25, -0.2) is 0 Å². The largest absolute Gasteiger partial charge is 0.490 e. The monoisotopic (exact) mass is 429 g/mol. The lowest BCUT2D eigenvalue weighted by Gasteiger charge is -2.35. The van der Waals surface area contributed by atoms with Gasteiger partial charge in [-0.15, -0.1) is 0 Å². The van der Waals surface area contributed by atoms with Crippen molar-refractivity contribution in [1.82, 2.24) is 0 Å². The van der Waals surface area contributed by atoms with E-state index in [0.29, 0.717) is 24.5 Å². The van der Waals surface area contributed by atoms with Crippen LogP contribution in [0.5, 0.6) is 11.5 Å². The Morgan fingerprint density at radius 1 is 1.03 bits per heavy atom. The molecular weight excluding hydrogens is 402 g/mol. The highest BCUT2D eigenvalue weighted by Gasteiger charge is 2.35. The Hall–Kier alpha value is -3.31. The highest BCUT2D eigenvalue weighted by Crippen LogP contribution is 2.48. The van der Waals surface area contributed by atoms with E-state index in [2.05, 4.69) is 35.6 Å². The van der Waals surface area contributed by atoms with Crippen molar-refractivity contribution in [3.05, 3.63) is 71.3 Å². The van der Waals surface area contributed by atoms with Crippen LogP contribution in [0, 0.1) is 0 Å². The van der Waals surface area contributed by atoms with Crippen LogP contribution < -0.4 is 14.8 Å². The third-order valence-electron chi connectivity index (χ3n) is 6.23. The number of aliphatic hydroxyl groups is 1. The number of aliphatic hydroxyl groups excluding tert-OH is 1. The molecule has 3 aromatic rings. The molecule has 5 heteroatoms. The average molecular weight is 430 g/mol. The Bertz CT molecular complexity index is 1210. The summed E-state index contributed by atoms with van der Waals surface area (Å²) >= 11 is 0. The minimum Gasteiger partial charge on any atom is -0.490 e. The second kappa shape index (κ2) is 8.67. The van der Waals surface area contributed by atoms with Crippen molar-refractivity contribution < 1.29 is 19.4 Å². The fourth-order valence-corrected chi connectivity index (χ4v) is 4.90. The average Bonchev–Trinajstić information content (AvgIpc) is 2.82. The molecular formula is C27H27NO4. The zero-order valence-electron chi connectivity index (χ0n) is 18.2. The van der Waals surface area contributed by atoms with Gasteiger partial charge in [-0.3, -0.25) is 4.79 Å². The standard InChI is InChI=1S/C27H27NO4/c1-2-31-24-16-18(11-13-23(24)32-15-14-29)27-26-20(8-5-9-22(26)30)25-19-7-4-3-6-17(19)10-12-21(25)28-27/h3-4,6-7,10-13,16,27-29H,2,5,8-9,14-15H2,1H3/t27-/m0/s1. The smallest absolute Gasteiger partial charge is 0.161 e. The Labute approximate surface area is 187 Å². The predicted molar refractivity (Wildman–Crippen MR) is 126 cm³/mol. The molecule has 164 valence electrons. The summed E-state index contributed by atoms with van der Waals surface area (Å²) in [5.41, 5.74) is 5.21. The van der Waals surface area contributed by atoms with E-state index in [0.717, 1.165) is 40.8 Å². The zero-order chi connectivity index (χ0) is 22.1. The van der Waals surface area contributed by atoms with Crippen LogP contribution in [0.2, 0.25) is 0 Å². The number of carbonyl (C=O) groups is 1. The first kappa shape index (κ1) is 20.6. The number of Topliss-reactive ketones (excluding diaryl/α,β-unsaturated/α-hetero) is 1.